The Bertz CT molecular complexity index is 980. The van der Waals surface area contributed by atoms with E-state index in [1.54, 1.807) is 6.08 Å². The number of morpholine rings is 1. The molecule has 6 heteroatoms. The van der Waals surface area contributed by atoms with Crippen LogP contribution in [0.1, 0.15) is 27.0 Å². The lowest BCUT2D eigenvalue weighted by atomic mass is 10.00. The summed E-state index contributed by atoms with van der Waals surface area (Å²) in [7, 11) is 0. The summed E-state index contributed by atoms with van der Waals surface area (Å²) in [5.41, 5.74) is 3.53. The molecule has 1 saturated heterocycles. The molecule has 0 radical (unpaired) electrons. The zero-order chi connectivity index (χ0) is 20.5. The third-order valence-corrected chi connectivity index (χ3v) is 5.94. The number of carbonyl (C=O) groups is 1. The predicted octanol–water partition coefficient (Wildman–Crippen LogP) is 3.10. The highest BCUT2D eigenvalue weighted by Crippen LogP contribution is 2.43. The average molecular weight is 406 g/mol. The zero-order valence-corrected chi connectivity index (χ0v) is 17.2. The normalized spacial score (nSPS) is 20.6. The number of benzene rings is 2. The summed E-state index contributed by atoms with van der Waals surface area (Å²) in [4.78, 5) is 17.7. The predicted molar refractivity (Wildman–Crippen MR) is 114 cm³/mol. The molecule has 0 N–H and O–H groups in total. The summed E-state index contributed by atoms with van der Waals surface area (Å²) in [5, 5.41) is 0. The first kappa shape index (κ1) is 19.3. The number of hydrogen-bond donors (Lipinski definition) is 0. The van der Waals surface area contributed by atoms with Crippen molar-refractivity contribution in [1.29, 1.82) is 0 Å². The fourth-order valence-corrected chi connectivity index (χ4v) is 4.25. The molecule has 5 rings (SSSR count). The Morgan fingerprint density at radius 2 is 1.80 bits per heavy atom. The Labute approximate surface area is 176 Å². The van der Waals surface area contributed by atoms with E-state index in [0.717, 1.165) is 68.4 Å². The average Bonchev–Trinajstić information content (AvgIpc) is 3.09. The molecule has 2 aromatic rings. The van der Waals surface area contributed by atoms with E-state index in [2.05, 4.69) is 9.80 Å². The molecule has 0 amide bonds. The van der Waals surface area contributed by atoms with Gasteiger partial charge in [0, 0.05) is 43.9 Å². The molecular weight excluding hydrogens is 380 g/mol. The highest BCUT2D eigenvalue weighted by atomic mass is 16.5. The van der Waals surface area contributed by atoms with Crippen LogP contribution in [0.4, 0.5) is 0 Å². The van der Waals surface area contributed by atoms with Crippen molar-refractivity contribution in [2.24, 2.45) is 0 Å². The van der Waals surface area contributed by atoms with E-state index >= 15 is 0 Å². The maximum atomic E-state index is 13.0. The Hall–Kier alpha value is -2.67. The largest absolute Gasteiger partial charge is 0.477 e. The van der Waals surface area contributed by atoms with E-state index < -0.39 is 0 Å². The molecule has 0 spiro atoms. The SMILES string of the molecule is Cc1c2c(cc3c1OC(=Cc1ccccc1)C3=O)CN(CCN1CCOCC1)CO2. The zero-order valence-electron chi connectivity index (χ0n) is 17.2. The first-order valence-corrected chi connectivity index (χ1v) is 10.5. The molecule has 3 aliphatic rings. The highest BCUT2D eigenvalue weighted by molar-refractivity contribution is 6.15. The smallest absolute Gasteiger partial charge is 0.231 e. The lowest BCUT2D eigenvalue weighted by Gasteiger charge is -2.33. The molecular formula is C24H26N2O4. The Morgan fingerprint density at radius 3 is 2.60 bits per heavy atom. The number of ether oxygens (including phenoxy) is 3. The minimum atomic E-state index is -0.0646. The van der Waals surface area contributed by atoms with Crippen molar-refractivity contribution in [2.45, 2.75) is 13.5 Å². The number of nitrogens with zero attached hydrogens (tertiary/aromatic N) is 2. The van der Waals surface area contributed by atoms with Gasteiger partial charge in [-0.2, -0.15) is 0 Å². The van der Waals surface area contributed by atoms with Crippen LogP contribution in [0.2, 0.25) is 0 Å². The molecule has 0 aromatic heterocycles. The summed E-state index contributed by atoms with van der Waals surface area (Å²) in [6, 6.07) is 11.7. The summed E-state index contributed by atoms with van der Waals surface area (Å²) in [6.07, 6.45) is 1.80. The topological polar surface area (TPSA) is 51.2 Å². The van der Waals surface area contributed by atoms with E-state index in [9.17, 15) is 4.79 Å². The minimum absolute atomic E-state index is 0.0646. The molecule has 3 heterocycles. The second-order valence-electron chi connectivity index (χ2n) is 8.00. The van der Waals surface area contributed by atoms with Crippen LogP contribution in [0.3, 0.4) is 0 Å². The number of hydrogen-bond acceptors (Lipinski definition) is 6. The Kier molecular flexibility index (Phi) is 5.29. The molecule has 3 aliphatic heterocycles. The molecule has 0 aliphatic carbocycles. The van der Waals surface area contributed by atoms with Crippen molar-refractivity contribution < 1.29 is 19.0 Å². The number of Topliss-reactive ketones (excluding diaryl/α,β-unsaturated/α-hetero) is 1. The lowest BCUT2D eigenvalue weighted by Crippen LogP contribution is -2.43. The monoisotopic (exact) mass is 406 g/mol. The van der Waals surface area contributed by atoms with Gasteiger partial charge in [-0.05, 0) is 24.6 Å². The highest BCUT2D eigenvalue weighted by Gasteiger charge is 2.33. The number of fused-ring (bicyclic) bond motifs is 2. The van der Waals surface area contributed by atoms with Crippen molar-refractivity contribution in [1.82, 2.24) is 9.80 Å². The third kappa shape index (κ3) is 3.74. The number of carbonyl (C=O) groups excluding carboxylic acids is 1. The maximum absolute atomic E-state index is 13.0. The quantitative estimate of drug-likeness (QED) is 0.728. The lowest BCUT2D eigenvalue weighted by molar-refractivity contribution is 0.0239. The van der Waals surface area contributed by atoms with Crippen LogP contribution in [0, 0.1) is 6.92 Å². The maximum Gasteiger partial charge on any atom is 0.231 e. The molecule has 0 bridgehead atoms. The molecule has 6 nitrogen and oxygen atoms in total. The van der Waals surface area contributed by atoms with E-state index in [1.807, 2.05) is 43.3 Å². The summed E-state index contributed by atoms with van der Waals surface area (Å²) < 4.78 is 17.5. The van der Waals surface area contributed by atoms with Crippen molar-refractivity contribution in [2.75, 3.05) is 46.1 Å². The van der Waals surface area contributed by atoms with Crippen LogP contribution in [-0.2, 0) is 11.3 Å². The van der Waals surface area contributed by atoms with Gasteiger partial charge in [0.1, 0.15) is 18.2 Å². The van der Waals surface area contributed by atoms with Crippen LogP contribution in [0.25, 0.3) is 6.08 Å². The van der Waals surface area contributed by atoms with Gasteiger partial charge in [-0.3, -0.25) is 14.6 Å². The standard InChI is InChI=1S/C24H26N2O4/c1-17-23-19(15-26(16-29-23)8-7-25-9-11-28-12-10-25)14-20-22(27)21(30-24(17)20)13-18-5-3-2-4-6-18/h2-6,13-14H,7-12,15-16H2,1H3. The first-order chi connectivity index (χ1) is 14.7. The van der Waals surface area contributed by atoms with E-state index in [0.29, 0.717) is 23.8 Å². The second kappa shape index (κ2) is 8.22. The molecule has 156 valence electrons. The third-order valence-electron chi connectivity index (χ3n) is 5.94. The molecule has 0 saturated carbocycles. The van der Waals surface area contributed by atoms with Crippen LogP contribution >= 0.6 is 0 Å². The number of allylic oxidation sites excluding steroid dienone is 1. The first-order valence-electron chi connectivity index (χ1n) is 10.5. The van der Waals surface area contributed by atoms with Gasteiger partial charge in [0.2, 0.25) is 5.78 Å². The van der Waals surface area contributed by atoms with Crippen LogP contribution in [0.15, 0.2) is 42.2 Å². The van der Waals surface area contributed by atoms with Gasteiger partial charge in [0.15, 0.2) is 5.76 Å². The van der Waals surface area contributed by atoms with E-state index in [4.69, 9.17) is 14.2 Å². The van der Waals surface area contributed by atoms with E-state index in [-0.39, 0.29) is 5.78 Å². The van der Waals surface area contributed by atoms with Crippen molar-refractivity contribution in [3.05, 3.63) is 64.4 Å². The molecule has 30 heavy (non-hydrogen) atoms. The van der Waals surface area contributed by atoms with E-state index in [1.165, 1.54) is 0 Å². The van der Waals surface area contributed by atoms with Crippen LogP contribution < -0.4 is 9.47 Å². The number of ketones is 1. The van der Waals surface area contributed by atoms with Gasteiger partial charge in [-0.1, -0.05) is 30.3 Å². The van der Waals surface area contributed by atoms with Crippen LogP contribution in [0.5, 0.6) is 11.5 Å². The van der Waals surface area contributed by atoms with Gasteiger partial charge in [-0.15, -0.1) is 0 Å². The Morgan fingerprint density at radius 1 is 1.03 bits per heavy atom. The summed E-state index contributed by atoms with van der Waals surface area (Å²) in [6.45, 7) is 8.82. The van der Waals surface area contributed by atoms with Gasteiger partial charge < -0.3 is 14.2 Å². The minimum Gasteiger partial charge on any atom is -0.477 e. The number of rotatable bonds is 4. The van der Waals surface area contributed by atoms with Crippen LogP contribution in [-0.4, -0.2) is 61.7 Å². The van der Waals surface area contributed by atoms with Gasteiger partial charge in [-0.25, -0.2) is 0 Å². The summed E-state index contributed by atoms with van der Waals surface area (Å²) in [5.74, 6) is 1.78. The molecule has 0 unspecified atom stereocenters. The van der Waals surface area contributed by atoms with Crippen molar-refractivity contribution in [3.8, 4) is 11.5 Å². The van der Waals surface area contributed by atoms with Gasteiger partial charge in [0.05, 0.1) is 18.8 Å². The fraction of sp³-hybridized carbons (Fsp3) is 0.375. The molecule has 2 aromatic carbocycles. The second-order valence-corrected chi connectivity index (χ2v) is 8.00. The molecule has 0 atom stereocenters. The van der Waals surface area contributed by atoms with Gasteiger partial charge in [0.25, 0.3) is 0 Å². The Balaban J connectivity index is 1.34. The van der Waals surface area contributed by atoms with Crippen molar-refractivity contribution >= 4 is 11.9 Å². The van der Waals surface area contributed by atoms with Gasteiger partial charge >= 0.3 is 0 Å². The van der Waals surface area contributed by atoms with Crippen molar-refractivity contribution in [3.63, 3.8) is 0 Å². The summed E-state index contributed by atoms with van der Waals surface area (Å²) >= 11 is 0. The fourth-order valence-electron chi connectivity index (χ4n) is 4.25. The molecule has 1 fully saturated rings.